The summed E-state index contributed by atoms with van der Waals surface area (Å²) in [5, 5.41) is 10.7. The monoisotopic (exact) mass is 391 g/mol. The van der Waals surface area contributed by atoms with Gasteiger partial charge in [0.25, 0.3) is 0 Å². The number of aliphatic hydroxyl groups is 1. The van der Waals surface area contributed by atoms with Crippen molar-refractivity contribution < 1.29 is 14.7 Å². The molecule has 2 fully saturated rings. The van der Waals surface area contributed by atoms with Gasteiger partial charge in [-0.3, -0.25) is 9.59 Å². The van der Waals surface area contributed by atoms with Crippen molar-refractivity contribution in [3.63, 3.8) is 0 Å². The van der Waals surface area contributed by atoms with Crippen LogP contribution >= 0.6 is 27.3 Å². The number of nitrogens with zero attached hydrogens (tertiary/aromatic N) is 1. The van der Waals surface area contributed by atoms with Crippen LogP contribution in [-0.2, 0) is 9.59 Å². The van der Waals surface area contributed by atoms with E-state index < -0.39 is 0 Å². The lowest BCUT2D eigenvalue weighted by atomic mass is 9.81. The Morgan fingerprint density at radius 1 is 1.26 bits per heavy atom. The molecule has 6 heteroatoms. The molecule has 0 aliphatic heterocycles. The molecule has 0 amide bonds. The molecule has 2 aliphatic carbocycles. The lowest BCUT2D eigenvalue weighted by molar-refractivity contribution is -0.127. The number of hydrogen-bond donors (Lipinski definition) is 1. The van der Waals surface area contributed by atoms with Gasteiger partial charge in [-0.25, -0.2) is 4.98 Å². The molecule has 4 nitrogen and oxygen atoms in total. The molecule has 1 N–H and O–H groups in total. The number of hydrogen-bond acceptors (Lipinski definition) is 5. The van der Waals surface area contributed by atoms with Crippen LogP contribution in [0.15, 0.2) is 21.6 Å². The predicted molar refractivity (Wildman–Crippen MR) is 92.5 cm³/mol. The molecule has 4 rings (SSSR count). The molecule has 2 saturated carbocycles. The number of aryl methyl sites for hydroxylation is 1. The maximum absolute atomic E-state index is 12.5. The van der Waals surface area contributed by atoms with Gasteiger partial charge in [0.15, 0.2) is 15.5 Å². The normalized spacial score (nSPS) is 23.8. The van der Waals surface area contributed by atoms with Gasteiger partial charge in [-0.1, -0.05) is 0 Å². The van der Waals surface area contributed by atoms with Gasteiger partial charge in [0.1, 0.15) is 11.3 Å². The summed E-state index contributed by atoms with van der Waals surface area (Å²) in [5.74, 6) is -0.778. The summed E-state index contributed by atoms with van der Waals surface area (Å²) in [7, 11) is 0. The predicted octanol–water partition coefficient (Wildman–Crippen LogP) is 4.20. The number of rotatable bonds is 1. The van der Waals surface area contributed by atoms with Crippen molar-refractivity contribution in [1.29, 1.82) is 0 Å². The molecule has 2 unspecified atom stereocenters. The van der Waals surface area contributed by atoms with Crippen LogP contribution in [0.2, 0.25) is 0 Å². The Kier molecular flexibility index (Phi) is 3.43. The molecule has 2 atom stereocenters. The summed E-state index contributed by atoms with van der Waals surface area (Å²) in [6, 6.07) is 3.63. The summed E-state index contributed by atoms with van der Waals surface area (Å²) >= 11 is 4.87. The van der Waals surface area contributed by atoms with Gasteiger partial charge in [0.05, 0.1) is 10.2 Å². The fourth-order valence-corrected chi connectivity index (χ4v) is 5.16. The third kappa shape index (κ3) is 2.19. The second-order valence-electron chi connectivity index (χ2n) is 6.21. The van der Waals surface area contributed by atoms with E-state index in [4.69, 9.17) is 0 Å². The summed E-state index contributed by atoms with van der Waals surface area (Å²) in [6.45, 7) is 1.85. The molecule has 0 spiro atoms. The third-order valence-electron chi connectivity index (χ3n) is 4.95. The number of benzene rings is 1. The first-order valence-electron chi connectivity index (χ1n) is 7.55. The van der Waals surface area contributed by atoms with Gasteiger partial charge in [0, 0.05) is 17.4 Å². The molecule has 0 saturated heterocycles. The molecule has 2 aliphatic rings. The minimum absolute atomic E-state index is 0.000459. The number of Topliss-reactive ketones (excluding diaryl/α,β-unsaturated/α-hetero) is 2. The highest BCUT2D eigenvalue weighted by molar-refractivity contribution is 9.11. The van der Waals surface area contributed by atoms with Crippen LogP contribution in [-0.4, -0.2) is 21.7 Å². The zero-order chi connectivity index (χ0) is 16.3. The molecule has 23 heavy (non-hydrogen) atoms. The SMILES string of the molecule is Cc1c(C(O)=C2C(=O)C3CCC(C3)C2=O)ccc2sc(Br)nc12. The van der Waals surface area contributed by atoms with Gasteiger partial charge in [-0.2, -0.15) is 0 Å². The first-order valence-corrected chi connectivity index (χ1v) is 9.16. The van der Waals surface area contributed by atoms with Crippen LogP contribution in [0.3, 0.4) is 0 Å². The lowest BCUT2D eigenvalue weighted by Crippen LogP contribution is -2.30. The van der Waals surface area contributed by atoms with Crippen molar-refractivity contribution in [3.05, 3.63) is 32.7 Å². The molecular weight excluding hydrogens is 378 g/mol. The average molecular weight is 392 g/mol. The van der Waals surface area contributed by atoms with Crippen LogP contribution < -0.4 is 0 Å². The molecule has 1 aromatic carbocycles. The number of fused-ring (bicyclic) bond motifs is 3. The Morgan fingerprint density at radius 3 is 2.57 bits per heavy atom. The van der Waals surface area contributed by atoms with Gasteiger partial charge in [0.2, 0.25) is 0 Å². The van der Waals surface area contributed by atoms with E-state index in [1.165, 1.54) is 11.3 Å². The second kappa shape index (κ2) is 5.24. The van der Waals surface area contributed by atoms with E-state index in [9.17, 15) is 14.7 Å². The van der Waals surface area contributed by atoms with E-state index in [0.29, 0.717) is 12.0 Å². The summed E-state index contributed by atoms with van der Waals surface area (Å²) in [4.78, 5) is 29.5. The Bertz CT molecular complexity index is 875. The van der Waals surface area contributed by atoms with Crippen LogP contribution in [0.1, 0.15) is 30.4 Å². The topological polar surface area (TPSA) is 67.3 Å². The number of allylic oxidation sites excluding steroid dienone is 1. The van der Waals surface area contributed by atoms with E-state index in [-0.39, 0.29) is 34.7 Å². The standard InChI is InChI=1S/C17H14BrNO3S/c1-7-10(4-5-11-13(7)19-17(18)23-11)16(22)12-14(20)8-2-3-9(6-8)15(12)21/h4-5,8-9,22H,2-3,6H2,1H3. The van der Waals surface area contributed by atoms with Crippen LogP contribution in [0.4, 0.5) is 0 Å². The van der Waals surface area contributed by atoms with Crippen LogP contribution in [0.5, 0.6) is 0 Å². The maximum atomic E-state index is 12.5. The Labute approximate surface area is 145 Å². The Hall–Kier alpha value is -1.53. The van der Waals surface area contributed by atoms with Crippen molar-refractivity contribution >= 4 is 54.8 Å². The zero-order valence-electron chi connectivity index (χ0n) is 12.4. The first kappa shape index (κ1) is 15.0. The average Bonchev–Trinajstić information content (AvgIpc) is 3.11. The zero-order valence-corrected chi connectivity index (χ0v) is 14.8. The molecule has 1 heterocycles. The van der Waals surface area contributed by atoms with Gasteiger partial charge in [-0.05, 0) is 59.8 Å². The van der Waals surface area contributed by atoms with E-state index in [0.717, 1.165) is 32.5 Å². The molecule has 118 valence electrons. The third-order valence-corrected chi connectivity index (χ3v) is 6.42. The fourth-order valence-electron chi connectivity index (χ4n) is 3.71. The van der Waals surface area contributed by atoms with Crippen molar-refractivity contribution in [2.45, 2.75) is 26.2 Å². The van der Waals surface area contributed by atoms with E-state index >= 15 is 0 Å². The van der Waals surface area contributed by atoms with E-state index in [1.54, 1.807) is 6.07 Å². The number of halogens is 1. The van der Waals surface area contributed by atoms with Gasteiger partial charge >= 0.3 is 0 Å². The van der Waals surface area contributed by atoms with E-state index in [1.807, 2.05) is 13.0 Å². The highest BCUT2D eigenvalue weighted by atomic mass is 79.9. The number of carbonyl (C=O) groups is 2. The maximum Gasteiger partial charge on any atom is 0.173 e. The molecule has 2 bridgehead atoms. The summed E-state index contributed by atoms with van der Waals surface area (Å²) < 4.78 is 1.76. The van der Waals surface area contributed by atoms with Crippen molar-refractivity contribution in [1.82, 2.24) is 4.98 Å². The molecular formula is C17H14BrNO3S. The number of aliphatic hydroxyl groups excluding tert-OH is 1. The quantitative estimate of drug-likeness (QED) is 0.449. The smallest absolute Gasteiger partial charge is 0.173 e. The fraction of sp³-hybridized carbons (Fsp3) is 0.353. The largest absolute Gasteiger partial charge is 0.506 e. The first-order chi connectivity index (χ1) is 11.0. The number of thiazole rings is 1. The van der Waals surface area contributed by atoms with E-state index in [2.05, 4.69) is 20.9 Å². The van der Waals surface area contributed by atoms with Crippen molar-refractivity contribution in [2.75, 3.05) is 0 Å². The second-order valence-corrected chi connectivity index (χ2v) is 8.52. The Morgan fingerprint density at radius 2 is 1.91 bits per heavy atom. The summed E-state index contributed by atoms with van der Waals surface area (Å²) in [5.41, 5.74) is 2.09. The molecule has 1 aromatic heterocycles. The summed E-state index contributed by atoms with van der Waals surface area (Å²) in [6.07, 6.45) is 2.15. The number of aromatic nitrogens is 1. The van der Waals surface area contributed by atoms with Crippen molar-refractivity contribution in [3.8, 4) is 0 Å². The number of carbonyl (C=O) groups excluding carboxylic acids is 2. The minimum Gasteiger partial charge on any atom is -0.506 e. The lowest BCUT2D eigenvalue weighted by Gasteiger charge is -2.20. The van der Waals surface area contributed by atoms with Crippen LogP contribution in [0, 0.1) is 18.8 Å². The Balaban J connectivity index is 1.91. The van der Waals surface area contributed by atoms with Gasteiger partial charge < -0.3 is 5.11 Å². The molecule has 2 aromatic rings. The highest BCUT2D eigenvalue weighted by Crippen LogP contribution is 2.42. The van der Waals surface area contributed by atoms with Gasteiger partial charge in [-0.15, -0.1) is 11.3 Å². The van der Waals surface area contributed by atoms with Crippen LogP contribution in [0.25, 0.3) is 16.0 Å². The molecule has 0 radical (unpaired) electrons. The minimum atomic E-state index is -0.194. The highest BCUT2D eigenvalue weighted by Gasteiger charge is 2.45. The number of ketones is 2. The van der Waals surface area contributed by atoms with Crippen molar-refractivity contribution in [2.24, 2.45) is 11.8 Å².